The third-order valence-corrected chi connectivity index (χ3v) is 7.32. The lowest BCUT2D eigenvalue weighted by Gasteiger charge is -2.34. The third-order valence-electron chi connectivity index (χ3n) is 5.32. The van der Waals surface area contributed by atoms with Gasteiger partial charge in [0.2, 0.25) is 0 Å². The fourth-order valence-corrected chi connectivity index (χ4v) is 5.90. The predicted octanol–water partition coefficient (Wildman–Crippen LogP) is 3.49. The fourth-order valence-electron chi connectivity index (χ4n) is 4.17. The number of piperidine rings is 1. The summed E-state index contributed by atoms with van der Waals surface area (Å²) >= 11 is 2.68. The van der Waals surface area contributed by atoms with E-state index in [2.05, 4.69) is 34.0 Å². The van der Waals surface area contributed by atoms with E-state index >= 15 is 0 Å². The zero-order chi connectivity index (χ0) is 20.7. The summed E-state index contributed by atoms with van der Waals surface area (Å²) in [6.07, 6.45) is 2.76. The average Bonchev–Trinajstić information content (AvgIpc) is 3.21. The summed E-state index contributed by atoms with van der Waals surface area (Å²) in [5.41, 5.74) is 1.52. The van der Waals surface area contributed by atoms with Crippen LogP contribution in [-0.4, -0.2) is 38.4 Å². The van der Waals surface area contributed by atoms with Crippen LogP contribution in [0.25, 0.3) is 10.2 Å². The first-order valence-corrected chi connectivity index (χ1v) is 11.4. The number of carbonyl (C=O) groups excluding carboxylic acids is 1. The molecule has 1 saturated heterocycles. The van der Waals surface area contributed by atoms with E-state index in [1.165, 1.54) is 40.0 Å². The van der Waals surface area contributed by atoms with Gasteiger partial charge in [0.15, 0.2) is 5.13 Å². The first-order chi connectivity index (χ1) is 13.8. The van der Waals surface area contributed by atoms with Crippen molar-refractivity contribution in [2.75, 3.05) is 18.4 Å². The first kappa shape index (κ1) is 20.2. The maximum absolute atomic E-state index is 12.8. The molecule has 1 fully saturated rings. The van der Waals surface area contributed by atoms with E-state index in [-0.39, 0.29) is 11.5 Å². The van der Waals surface area contributed by atoms with Gasteiger partial charge < -0.3 is 4.57 Å². The second-order valence-corrected chi connectivity index (χ2v) is 9.99. The van der Waals surface area contributed by atoms with Gasteiger partial charge in [-0.15, -0.1) is 22.7 Å². The third kappa shape index (κ3) is 4.12. The maximum Gasteiger partial charge on any atom is 0.267 e. The van der Waals surface area contributed by atoms with Crippen molar-refractivity contribution >= 4 is 43.9 Å². The molecule has 0 spiro atoms. The van der Waals surface area contributed by atoms with Crippen molar-refractivity contribution < 1.29 is 4.79 Å². The van der Waals surface area contributed by atoms with Crippen LogP contribution in [0.15, 0.2) is 16.5 Å². The number of aryl methyl sites for hydroxylation is 2. The van der Waals surface area contributed by atoms with Gasteiger partial charge in [-0.25, -0.2) is 9.97 Å². The van der Waals surface area contributed by atoms with E-state index < -0.39 is 0 Å². The Morgan fingerprint density at radius 3 is 2.76 bits per heavy atom. The molecule has 0 aliphatic carbocycles. The maximum atomic E-state index is 12.8. The van der Waals surface area contributed by atoms with Crippen LogP contribution in [0, 0.1) is 18.8 Å². The normalized spacial score (nSPS) is 20.3. The molecule has 3 aromatic rings. The van der Waals surface area contributed by atoms with E-state index in [0.29, 0.717) is 37.6 Å². The molecular formula is C20H25N5O2S2. The molecular weight excluding hydrogens is 406 g/mol. The molecule has 0 radical (unpaired) electrons. The van der Waals surface area contributed by atoms with Gasteiger partial charge in [0.05, 0.1) is 22.3 Å². The summed E-state index contributed by atoms with van der Waals surface area (Å²) in [5, 5.41) is 6.00. The summed E-state index contributed by atoms with van der Waals surface area (Å²) < 4.78 is 1.43. The van der Waals surface area contributed by atoms with E-state index in [1.54, 1.807) is 14.0 Å². The topological polar surface area (TPSA) is 80.1 Å². The molecule has 154 valence electrons. The van der Waals surface area contributed by atoms with Gasteiger partial charge in [-0.05, 0) is 30.7 Å². The number of likely N-dealkylation sites (tertiary alicyclic amines) is 1. The SMILES string of the molecule is Cc1c(C(=O)Nc2nc(CN3CC(C)CC(C)C3)cs2)sc2ncn(C)c(=O)c12. The molecule has 1 aliphatic heterocycles. The Bertz CT molecular complexity index is 1110. The number of hydrogen-bond donors (Lipinski definition) is 1. The lowest BCUT2D eigenvalue weighted by molar-refractivity contribution is 0.103. The Morgan fingerprint density at radius 1 is 1.31 bits per heavy atom. The minimum absolute atomic E-state index is 0.135. The van der Waals surface area contributed by atoms with E-state index in [9.17, 15) is 9.59 Å². The van der Waals surface area contributed by atoms with Crippen LogP contribution in [0.1, 0.15) is 41.2 Å². The molecule has 4 heterocycles. The molecule has 4 rings (SSSR count). The molecule has 9 heteroatoms. The molecule has 2 unspecified atom stereocenters. The molecule has 2 atom stereocenters. The van der Waals surface area contributed by atoms with Crippen LogP contribution in [0.5, 0.6) is 0 Å². The molecule has 0 bridgehead atoms. The van der Waals surface area contributed by atoms with Gasteiger partial charge in [-0.3, -0.25) is 19.8 Å². The number of fused-ring (bicyclic) bond motifs is 1. The van der Waals surface area contributed by atoms with Crippen LogP contribution in [0.3, 0.4) is 0 Å². The second-order valence-electron chi connectivity index (χ2n) is 8.14. The monoisotopic (exact) mass is 431 g/mol. The number of aromatic nitrogens is 3. The number of amides is 1. The lowest BCUT2D eigenvalue weighted by atomic mass is 9.92. The van der Waals surface area contributed by atoms with Gasteiger partial charge in [0, 0.05) is 32.1 Å². The molecule has 3 aromatic heterocycles. The van der Waals surface area contributed by atoms with Gasteiger partial charge in [0.25, 0.3) is 11.5 Å². The van der Waals surface area contributed by atoms with Crippen molar-refractivity contribution in [3.05, 3.63) is 38.2 Å². The molecule has 1 amide bonds. The van der Waals surface area contributed by atoms with Gasteiger partial charge in [-0.2, -0.15) is 0 Å². The number of thiophene rings is 1. The van der Waals surface area contributed by atoms with E-state index in [1.807, 2.05) is 5.38 Å². The largest absolute Gasteiger partial charge is 0.302 e. The summed E-state index contributed by atoms with van der Waals surface area (Å²) in [5.74, 6) is 1.16. The van der Waals surface area contributed by atoms with Crippen molar-refractivity contribution in [2.24, 2.45) is 18.9 Å². The van der Waals surface area contributed by atoms with Crippen LogP contribution < -0.4 is 10.9 Å². The highest BCUT2D eigenvalue weighted by molar-refractivity contribution is 7.21. The lowest BCUT2D eigenvalue weighted by Crippen LogP contribution is -2.38. The molecule has 0 aromatic carbocycles. The Kier molecular flexibility index (Phi) is 5.54. The number of thiazole rings is 1. The van der Waals surface area contributed by atoms with Gasteiger partial charge >= 0.3 is 0 Å². The first-order valence-electron chi connectivity index (χ1n) is 9.74. The number of nitrogens with zero attached hydrogens (tertiary/aromatic N) is 4. The minimum Gasteiger partial charge on any atom is -0.302 e. The van der Waals surface area contributed by atoms with Crippen LogP contribution >= 0.6 is 22.7 Å². The summed E-state index contributed by atoms with van der Waals surface area (Å²) in [7, 11) is 1.66. The predicted molar refractivity (Wildman–Crippen MR) is 118 cm³/mol. The van der Waals surface area contributed by atoms with Crippen LogP contribution in [0.2, 0.25) is 0 Å². The molecule has 7 nitrogen and oxygen atoms in total. The van der Waals surface area contributed by atoms with Crippen molar-refractivity contribution in [2.45, 2.75) is 33.7 Å². The number of carbonyl (C=O) groups is 1. The number of nitrogens with one attached hydrogen (secondary N) is 1. The van der Waals surface area contributed by atoms with Crippen LogP contribution in [0.4, 0.5) is 5.13 Å². The second kappa shape index (κ2) is 7.97. The zero-order valence-corrected chi connectivity index (χ0v) is 18.7. The Morgan fingerprint density at radius 2 is 2.03 bits per heavy atom. The highest BCUT2D eigenvalue weighted by atomic mass is 32.1. The Labute approximate surface area is 177 Å². The summed E-state index contributed by atoms with van der Waals surface area (Å²) in [6.45, 7) is 9.38. The van der Waals surface area contributed by atoms with Crippen LogP contribution in [-0.2, 0) is 13.6 Å². The highest BCUT2D eigenvalue weighted by Gasteiger charge is 2.23. The molecule has 1 aliphatic rings. The Balaban J connectivity index is 1.48. The highest BCUT2D eigenvalue weighted by Crippen LogP contribution is 2.28. The zero-order valence-electron chi connectivity index (χ0n) is 17.1. The number of anilines is 1. The quantitative estimate of drug-likeness (QED) is 0.684. The molecule has 29 heavy (non-hydrogen) atoms. The molecule has 0 saturated carbocycles. The summed E-state index contributed by atoms with van der Waals surface area (Å²) in [6, 6.07) is 0. The smallest absolute Gasteiger partial charge is 0.267 e. The fraction of sp³-hybridized carbons (Fsp3) is 0.500. The van der Waals surface area contributed by atoms with Crippen molar-refractivity contribution in [1.29, 1.82) is 0 Å². The Hall–Kier alpha value is -2.10. The van der Waals surface area contributed by atoms with Crippen molar-refractivity contribution in [1.82, 2.24) is 19.4 Å². The number of hydrogen-bond acceptors (Lipinski definition) is 7. The average molecular weight is 432 g/mol. The van der Waals surface area contributed by atoms with E-state index in [0.717, 1.165) is 25.3 Å². The van der Waals surface area contributed by atoms with Gasteiger partial charge in [0.1, 0.15) is 4.83 Å². The van der Waals surface area contributed by atoms with Crippen molar-refractivity contribution in [3.8, 4) is 0 Å². The number of rotatable bonds is 4. The van der Waals surface area contributed by atoms with E-state index in [4.69, 9.17) is 0 Å². The van der Waals surface area contributed by atoms with Crippen molar-refractivity contribution in [3.63, 3.8) is 0 Å². The van der Waals surface area contributed by atoms with Gasteiger partial charge in [-0.1, -0.05) is 13.8 Å². The summed E-state index contributed by atoms with van der Waals surface area (Å²) in [4.78, 5) is 37.6. The molecule has 1 N–H and O–H groups in total. The minimum atomic E-state index is -0.242. The standard InChI is InChI=1S/C20H25N5O2S2/c1-11-5-12(2)7-25(6-11)8-14-9-28-20(22-14)23-17(26)16-13(3)15-18(29-16)21-10-24(4)19(15)27/h9-12H,5-8H2,1-4H3,(H,22,23,26).